The first-order valence-electron chi connectivity index (χ1n) is 10.7. The fraction of sp³-hybridized carbons (Fsp3) is 0.375. The minimum absolute atomic E-state index is 0.164. The third kappa shape index (κ3) is 5.13. The molecule has 2 heterocycles. The number of carbonyl (C=O) groups is 1. The van der Waals surface area contributed by atoms with Crippen molar-refractivity contribution in [3.8, 4) is 0 Å². The summed E-state index contributed by atoms with van der Waals surface area (Å²) >= 11 is 0. The third-order valence-corrected chi connectivity index (χ3v) is 5.85. The van der Waals surface area contributed by atoms with Crippen LogP contribution in [0.4, 0.5) is 0 Å². The highest BCUT2D eigenvalue weighted by Crippen LogP contribution is 2.26. The lowest BCUT2D eigenvalue weighted by atomic mass is 9.91. The lowest BCUT2D eigenvalue weighted by molar-refractivity contribution is 0.0940. The number of rotatable bonds is 7. The number of hydrogen-bond donors (Lipinski definition) is 1. The number of nitrogens with zero attached hydrogens (tertiary/aromatic N) is 4. The number of piperidine rings is 1. The Hall–Kier alpha value is -2.99. The minimum Gasteiger partial charge on any atom is -0.349 e. The highest BCUT2D eigenvalue weighted by atomic mass is 16.2. The zero-order chi connectivity index (χ0) is 20.8. The summed E-state index contributed by atoms with van der Waals surface area (Å²) in [6.07, 6.45) is 4.14. The summed E-state index contributed by atoms with van der Waals surface area (Å²) in [5.41, 5.74) is 4.16. The Morgan fingerprint density at radius 3 is 2.77 bits per heavy atom. The largest absolute Gasteiger partial charge is 0.349 e. The number of likely N-dealkylation sites (tertiary alicyclic amines) is 1. The van der Waals surface area contributed by atoms with Crippen molar-refractivity contribution in [2.24, 2.45) is 0 Å². The van der Waals surface area contributed by atoms with Crippen molar-refractivity contribution in [2.45, 2.75) is 32.2 Å². The third-order valence-electron chi connectivity index (χ3n) is 5.85. The van der Waals surface area contributed by atoms with Gasteiger partial charge < -0.3 is 10.2 Å². The minimum atomic E-state index is -0.164. The van der Waals surface area contributed by atoms with Crippen molar-refractivity contribution < 1.29 is 4.79 Å². The number of hydrogen-bond acceptors (Lipinski definition) is 4. The second-order valence-electron chi connectivity index (χ2n) is 8.03. The van der Waals surface area contributed by atoms with E-state index in [9.17, 15) is 4.79 Å². The lowest BCUT2D eigenvalue weighted by Gasteiger charge is -2.33. The summed E-state index contributed by atoms with van der Waals surface area (Å²) < 4.78 is 1.71. The molecule has 1 aliphatic rings. The van der Waals surface area contributed by atoms with E-state index in [0.29, 0.717) is 24.7 Å². The first-order valence-corrected chi connectivity index (χ1v) is 10.7. The molecular weight excluding hydrogens is 374 g/mol. The van der Waals surface area contributed by atoms with Crippen LogP contribution in [0.25, 0.3) is 0 Å². The number of aromatic nitrogens is 3. The molecule has 0 radical (unpaired) electrons. The quantitative estimate of drug-likeness (QED) is 0.658. The molecule has 3 aromatic rings. The van der Waals surface area contributed by atoms with Crippen LogP contribution in [0, 0.1) is 6.92 Å². The number of amides is 1. The van der Waals surface area contributed by atoms with Gasteiger partial charge in [0.1, 0.15) is 0 Å². The van der Waals surface area contributed by atoms with Crippen LogP contribution in [0.3, 0.4) is 0 Å². The maximum atomic E-state index is 12.5. The zero-order valence-electron chi connectivity index (χ0n) is 17.5. The maximum Gasteiger partial charge on any atom is 0.273 e. The van der Waals surface area contributed by atoms with Crippen molar-refractivity contribution in [2.75, 3.05) is 26.2 Å². The molecule has 4 rings (SSSR count). The smallest absolute Gasteiger partial charge is 0.273 e. The predicted octanol–water partition coefficient (Wildman–Crippen LogP) is 3.24. The Balaban J connectivity index is 1.25. The molecule has 0 saturated carbocycles. The SMILES string of the molecule is Cc1ccccc1Cn1cc(C(=O)NCCN2CCCC(c3ccccc3)C2)nn1. The van der Waals surface area contributed by atoms with Gasteiger partial charge >= 0.3 is 0 Å². The Morgan fingerprint density at radius 1 is 1.13 bits per heavy atom. The fourth-order valence-electron chi connectivity index (χ4n) is 4.12. The fourth-order valence-corrected chi connectivity index (χ4v) is 4.12. The van der Waals surface area contributed by atoms with E-state index in [-0.39, 0.29) is 5.91 Å². The molecule has 1 aromatic heterocycles. The number of benzene rings is 2. The summed E-state index contributed by atoms with van der Waals surface area (Å²) in [6.45, 7) is 6.29. The van der Waals surface area contributed by atoms with Gasteiger partial charge in [-0.3, -0.25) is 4.79 Å². The number of carbonyl (C=O) groups excluding carboxylic acids is 1. The molecule has 1 unspecified atom stereocenters. The van der Waals surface area contributed by atoms with Gasteiger partial charge in [-0.1, -0.05) is 59.8 Å². The topological polar surface area (TPSA) is 63.1 Å². The van der Waals surface area contributed by atoms with E-state index in [1.807, 2.05) is 12.1 Å². The first-order chi connectivity index (χ1) is 14.7. The molecular formula is C24H29N5O. The second-order valence-corrected chi connectivity index (χ2v) is 8.03. The summed E-state index contributed by atoms with van der Waals surface area (Å²) in [5, 5.41) is 11.1. The van der Waals surface area contributed by atoms with Gasteiger partial charge in [0, 0.05) is 19.6 Å². The van der Waals surface area contributed by atoms with Crippen LogP contribution in [-0.4, -0.2) is 52.0 Å². The normalized spacial score (nSPS) is 17.0. The molecule has 1 saturated heterocycles. The Labute approximate surface area is 177 Å². The highest BCUT2D eigenvalue weighted by Gasteiger charge is 2.21. The predicted molar refractivity (Wildman–Crippen MR) is 117 cm³/mol. The van der Waals surface area contributed by atoms with Crippen molar-refractivity contribution >= 4 is 5.91 Å². The molecule has 1 aliphatic heterocycles. The van der Waals surface area contributed by atoms with Crippen LogP contribution in [0.2, 0.25) is 0 Å². The maximum absolute atomic E-state index is 12.5. The summed E-state index contributed by atoms with van der Waals surface area (Å²) in [7, 11) is 0. The average molecular weight is 404 g/mol. The molecule has 6 heteroatoms. The molecule has 1 amide bonds. The van der Waals surface area contributed by atoms with Crippen molar-refractivity contribution in [3.05, 3.63) is 83.2 Å². The van der Waals surface area contributed by atoms with Crippen LogP contribution < -0.4 is 5.32 Å². The monoisotopic (exact) mass is 403 g/mol. The van der Waals surface area contributed by atoms with Gasteiger partial charge in [0.15, 0.2) is 5.69 Å². The molecule has 156 valence electrons. The molecule has 0 aliphatic carbocycles. The van der Waals surface area contributed by atoms with Crippen LogP contribution in [-0.2, 0) is 6.54 Å². The van der Waals surface area contributed by atoms with Gasteiger partial charge in [-0.2, -0.15) is 0 Å². The van der Waals surface area contributed by atoms with Gasteiger partial charge in [0.05, 0.1) is 12.7 Å². The summed E-state index contributed by atoms with van der Waals surface area (Å²) in [5.74, 6) is 0.416. The van der Waals surface area contributed by atoms with Gasteiger partial charge in [-0.05, 0) is 48.9 Å². The van der Waals surface area contributed by atoms with Gasteiger partial charge in [-0.25, -0.2) is 4.68 Å². The van der Waals surface area contributed by atoms with E-state index in [4.69, 9.17) is 0 Å². The van der Waals surface area contributed by atoms with Crippen LogP contribution in [0.5, 0.6) is 0 Å². The first kappa shape index (κ1) is 20.3. The Morgan fingerprint density at radius 2 is 1.93 bits per heavy atom. The van der Waals surface area contributed by atoms with E-state index < -0.39 is 0 Å². The van der Waals surface area contributed by atoms with Crippen LogP contribution in [0.1, 0.15) is 45.9 Å². The van der Waals surface area contributed by atoms with E-state index in [2.05, 4.69) is 69.9 Å². The molecule has 30 heavy (non-hydrogen) atoms. The molecule has 1 N–H and O–H groups in total. The molecule has 0 spiro atoms. The van der Waals surface area contributed by atoms with Crippen molar-refractivity contribution in [1.29, 1.82) is 0 Å². The molecule has 1 atom stereocenters. The Bertz CT molecular complexity index is 968. The van der Waals surface area contributed by atoms with Crippen molar-refractivity contribution in [3.63, 3.8) is 0 Å². The second kappa shape index (κ2) is 9.67. The van der Waals surface area contributed by atoms with E-state index >= 15 is 0 Å². The van der Waals surface area contributed by atoms with Crippen LogP contribution in [0.15, 0.2) is 60.8 Å². The standard InChI is InChI=1S/C24H29N5O/c1-19-8-5-6-11-21(19)17-29-18-23(26-27-29)24(30)25-13-15-28-14-7-12-22(16-28)20-9-3-2-4-10-20/h2-6,8-11,18,22H,7,12-17H2,1H3,(H,25,30). The average Bonchev–Trinajstić information content (AvgIpc) is 3.25. The lowest BCUT2D eigenvalue weighted by Crippen LogP contribution is -2.40. The van der Waals surface area contributed by atoms with Gasteiger partial charge in [0.2, 0.25) is 0 Å². The highest BCUT2D eigenvalue weighted by molar-refractivity contribution is 5.91. The van der Waals surface area contributed by atoms with E-state index in [1.165, 1.54) is 29.5 Å². The van der Waals surface area contributed by atoms with Gasteiger partial charge in [-0.15, -0.1) is 5.10 Å². The molecule has 1 fully saturated rings. The van der Waals surface area contributed by atoms with Crippen molar-refractivity contribution in [1.82, 2.24) is 25.2 Å². The zero-order valence-corrected chi connectivity index (χ0v) is 17.5. The van der Waals surface area contributed by atoms with E-state index in [0.717, 1.165) is 19.6 Å². The summed E-state index contributed by atoms with van der Waals surface area (Å²) in [6, 6.07) is 18.9. The van der Waals surface area contributed by atoms with Crippen LogP contribution >= 0.6 is 0 Å². The summed E-state index contributed by atoms with van der Waals surface area (Å²) in [4.78, 5) is 14.9. The Kier molecular flexibility index (Phi) is 6.54. The molecule has 6 nitrogen and oxygen atoms in total. The molecule has 0 bridgehead atoms. The van der Waals surface area contributed by atoms with E-state index in [1.54, 1.807) is 10.9 Å². The number of nitrogens with one attached hydrogen (secondary N) is 1. The van der Waals surface area contributed by atoms with Gasteiger partial charge in [0.25, 0.3) is 5.91 Å². The number of aryl methyl sites for hydroxylation is 1. The molecule has 2 aromatic carbocycles.